The number of carbonyl (C=O) groups is 1. The van der Waals surface area contributed by atoms with Gasteiger partial charge in [-0.1, -0.05) is 18.5 Å². The van der Waals surface area contributed by atoms with Gasteiger partial charge in [-0.05, 0) is 33.7 Å². The molecular weight excluding hydrogens is 254 g/mol. The molecule has 5 nitrogen and oxygen atoms in total. The number of carboxylic acids is 1. The maximum atomic E-state index is 11.3. The molecule has 102 valence electrons. The van der Waals surface area contributed by atoms with Crippen LogP contribution in [0.25, 0.3) is 0 Å². The number of aromatic nitrogens is 2. The van der Waals surface area contributed by atoms with Crippen molar-refractivity contribution >= 4 is 17.6 Å². The van der Waals surface area contributed by atoms with Crippen molar-refractivity contribution in [3.8, 4) is 0 Å². The minimum absolute atomic E-state index is 0.453. The predicted molar refractivity (Wildman–Crippen MR) is 71.0 cm³/mol. The number of aryl methyl sites for hydroxylation is 2. The molecule has 18 heavy (non-hydrogen) atoms. The Hall–Kier alpha value is -1.07. The summed E-state index contributed by atoms with van der Waals surface area (Å²) in [6.07, 6.45) is 0.453. The number of rotatable bonds is 6. The topological polar surface area (TPSA) is 67.2 Å². The van der Waals surface area contributed by atoms with Crippen molar-refractivity contribution in [2.75, 3.05) is 6.54 Å². The molecular formula is C12H20ClN3O2. The highest BCUT2D eigenvalue weighted by atomic mass is 35.5. The highest BCUT2D eigenvalue weighted by molar-refractivity contribution is 6.31. The molecule has 0 radical (unpaired) electrons. The van der Waals surface area contributed by atoms with Gasteiger partial charge in [-0.2, -0.15) is 5.10 Å². The van der Waals surface area contributed by atoms with Gasteiger partial charge in [-0.25, -0.2) is 0 Å². The van der Waals surface area contributed by atoms with Crippen LogP contribution in [0.5, 0.6) is 0 Å². The monoisotopic (exact) mass is 273 g/mol. The molecule has 0 aliphatic rings. The lowest BCUT2D eigenvalue weighted by atomic mass is 9.98. The maximum absolute atomic E-state index is 11.3. The Labute approximate surface area is 112 Å². The van der Waals surface area contributed by atoms with Crippen LogP contribution in [0.1, 0.15) is 31.7 Å². The molecule has 0 amide bonds. The van der Waals surface area contributed by atoms with Crippen LogP contribution in [0.4, 0.5) is 0 Å². The maximum Gasteiger partial charge on any atom is 0.323 e. The zero-order chi connectivity index (χ0) is 13.9. The van der Waals surface area contributed by atoms with E-state index in [1.54, 1.807) is 11.6 Å². The SMILES string of the molecule is CCNC(C)(CCn1nc(C)c(Cl)c1C)C(=O)O. The number of carboxylic acid groups (broad SMARTS) is 1. The molecule has 0 saturated carbocycles. The standard InChI is InChI=1S/C12H20ClN3O2/c1-5-14-12(4,11(17)18)6-7-16-9(3)10(13)8(2)15-16/h14H,5-7H2,1-4H3,(H,17,18). The van der Waals surface area contributed by atoms with Gasteiger partial charge in [0, 0.05) is 6.54 Å². The van der Waals surface area contributed by atoms with E-state index in [-0.39, 0.29) is 0 Å². The average molecular weight is 274 g/mol. The Morgan fingerprint density at radius 1 is 1.56 bits per heavy atom. The summed E-state index contributed by atoms with van der Waals surface area (Å²) in [6.45, 7) is 8.43. The molecule has 0 spiro atoms. The van der Waals surface area contributed by atoms with E-state index < -0.39 is 11.5 Å². The number of hydrogen-bond donors (Lipinski definition) is 2. The summed E-state index contributed by atoms with van der Waals surface area (Å²) in [6, 6.07) is 0. The van der Waals surface area contributed by atoms with E-state index in [4.69, 9.17) is 11.6 Å². The fraction of sp³-hybridized carbons (Fsp3) is 0.667. The van der Waals surface area contributed by atoms with Gasteiger partial charge in [-0.3, -0.25) is 9.48 Å². The third kappa shape index (κ3) is 3.03. The quantitative estimate of drug-likeness (QED) is 0.832. The zero-order valence-electron chi connectivity index (χ0n) is 11.2. The summed E-state index contributed by atoms with van der Waals surface area (Å²) in [5, 5.41) is 17.2. The predicted octanol–water partition coefficient (Wildman–Crippen LogP) is 2.00. The van der Waals surface area contributed by atoms with Crippen LogP contribution in [0, 0.1) is 13.8 Å². The van der Waals surface area contributed by atoms with Crippen molar-refractivity contribution < 1.29 is 9.90 Å². The van der Waals surface area contributed by atoms with E-state index in [1.807, 2.05) is 20.8 Å². The van der Waals surface area contributed by atoms with Crippen molar-refractivity contribution in [2.45, 2.75) is 46.2 Å². The summed E-state index contributed by atoms with van der Waals surface area (Å²) in [4.78, 5) is 11.3. The number of nitrogens with one attached hydrogen (secondary N) is 1. The van der Waals surface area contributed by atoms with Crippen LogP contribution >= 0.6 is 11.6 Å². The molecule has 1 rings (SSSR count). The molecule has 1 heterocycles. The van der Waals surface area contributed by atoms with E-state index >= 15 is 0 Å². The normalized spacial score (nSPS) is 14.5. The molecule has 1 unspecified atom stereocenters. The van der Waals surface area contributed by atoms with Gasteiger partial charge in [0.2, 0.25) is 0 Å². The summed E-state index contributed by atoms with van der Waals surface area (Å²) in [5.74, 6) is -0.850. The first-order valence-electron chi connectivity index (χ1n) is 5.99. The number of nitrogens with zero attached hydrogens (tertiary/aromatic N) is 2. The van der Waals surface area contributed by atoms with Crippen LogP contribution in [0.3, 0.4) is 0 Å². The van der Waals surface area contributed by atoms with Crippen molar-refractivity contribution in [1.82, 2.24) is 15.1 Å². The van der Waals surface area contributed by atoms with E-state index in [9.17, 15) is 9.90 Å². The minimum atomic E-state index is -0.937. The van der Waals surface area contributed by atoms with Crippen molar-refractivity contribution in [3.05, 3.63) is 16.4 Å². The molecule has 0 saturated heterocycles. The highest BCUT2D eigenvalue weighted by Gasteiger charge is 2.31. The molecule has 1 aromatic heterocycles. The van der Waals surface area contributed by atoms with Gasteiger partial charge >= 0.3 is 5.97 Å². The Morgan fingerprint density at radius 2 is 2.17 bits per heavy atom. The fourth-order valence-corrected chi connectivity index (χ4v) is 2.02. The number of halogens is 1. The Bertz CT molecular complexity index is 445. The second-order valence-corrected chi connectivity index (χ2v) is 5.00. The van der Waals surface area contributed by atoms with Crippen molar-refractivity contribution in [3.63, 3.8) is 0 Å². The molecule has 0 fully saturated rings. The lowest BCUT2D eigenvalue weighted by Gasteiger charge is -2.25. The Morgan fingerprint density at radius 3 is 2.56 bits per heavy atom. The molecule has 0 aliphatic heterocycles. The molecule has 0 bridgehead atoms. The fourth-order valence-electron chi connectivity index (χ4n) is 1.88. The van der Waals surface area contributed by atoms with E-state index in [0.29, 0.717) is 24.5 Å². The molecule has 0 aliphatic carbocycles. The summed E-state index contributed by atoms with van der Waals surface area (Å²) < 4.78 is 1.76. The lowest BCUT2D eigenvalue weighted by Crippen LogP contribution is -2.50. The van der Waals surface area contributed by atoms with Crippen LogP contribution in [0.15, 0.2) is 0 Å². The van der Waals surface area contributed by atoms with E-state index in [1.165, 1.54) is 0 Å². The number of likely N-dealkylation sites (N-methyl/N-ethyl adjacent to an activating group) is 1. The first kappa shape index (κ1) is 15.0. The second-order valence-electron chi connectivity index (χ2n) is 4.63. The largest absolute Gasteiger partial charge is 0.480 e. The highest BCUT2D eigenvalue weighted by Crippen LogP contribution is 2.20. The zero-order valence-corrected chi connectivity index (χ0v) is 12.0. The molecule has 1 aromatic rings. The van der Waals surface area contributed by atoms with Crippen LogP contribution in [-0.4, -0.2) is 32.9 Å². The van der Waals surface area contributed by atoms with Gasteiger partial charge in [0.25, 0.3) is 0 Å². The smallest absolute Gasteiger partial charge is 0.323 e. The summed E-state index contributed by atoms with van der Waals surface area (Å²) >= 11 is 6.06. The van der Waals surface area contributed by atoms with Gasteiger partial charge in [0.1, 0.15) is 5.54 Å². The average Bonchev–Trinajstić information content (AvgIpc) is 2.54. The van der Waals surface area contributed by atoms with E-state index in [2.05, 4.69) is 10.4 Å². The number of aliphatic carboxylic acids is 1. The third-order valence-corrected chi connectivity index (χ3v) is 3.70. The van der Waals surface area contributed by atoms with Gasteiger partial charge in [-0.15, -0.1) is 0 Å². The minimum Gasteiger partial charge on any atom is -0.480 e. The Kier molecular flexibility index (Phi) is 4.76. The van der Waals surface area contributed by atoms with Crippen molar-refractivity contribution in [2.24, 2.45) is 0 Å². The molecule has 2 N–H and O–H groups in total. The van der Waals surface area contributed by atoms with Crippen LogP contribution in [0.2, 0.25) is 5.02 Å². The van der Waals surface area contributed by atoms with E-state index in [0.717, 1.165) is 11.4 Å². The third-order valence-electron chi connectivity index (χ3n) is 3.16. The number of hydrogen-bond acceptors (Lipinski definition) is 3. The van der Waals surface area contributed by atoms with Crippen molar-refractivity contribution in [1.29, 1.82) is 0 Å². The molecule has 0 aromatic carbocycles. The second kappa shape index (κ2) is 5.71. The first-order valence-corrected chi connectivity index (χ1v) is 6.37. The molecule has 1 atom stereocenters. The van der Waals surface area contributed by atoms with Crippen LogP contribution in [-0.2, 0) is 11.3 Å². The van der Waals surface area contributed by atoms with Gasteiger partial charge in [0.05, 0.1) is 16.4 Å². The van der Waals surface area contributed by atoms with Crippen LogP contribution < -0.4 is 5.32 Å². The Balaban J connectivity index is 2.79. The molecule has 6 heteroatoms. The first-order chi connectivity index (χ1) is 8.31. The summed E-state index contributed by atoms with van der Waals surface area (Å²) in [7, 11) is 0. The lowest BCUT2D eigenvalue weighted by molar-refractivity contribution is -0.144. The summed E-state index contributed by atoms with van der Waals surface area (Å²) in [5.41, 5.74) is 0.709. The van der Waals surface area contributed by atoms with Gasteiger partial charge in [0.15, 0.2) is 0 Å². The van der Waals surface area contributed by atoms with Gasteiger partial charge < -0.3 is 10.4 Å².